The van der Waals surface area contributed by atoms with Crippen molar-refractivity contribution in [3.8, 4) is 5.75 Å². The average molecular weight is 329 g/mol. The number of carbonyl (C=O) groups is 1. The number of hydrogen-bond donors (Lipinski definition) is 1. The molecule has 3 rings (SSSR count). The lowest BCUT2D eigenvalue weighted by Gasteiger charge is -2.10. The summed E-state index contributed by atoms with van der Waals surface area (Å²) in [6, 6.07) is 10.4. The summed E-state index contributed by atoms with van der Waals surface area (Å²) < 4.78 is 20.0. The largest absolute Gasteiger partial charge is 0.495 e. The van der Waals surface area contributed by atoms with Crippen LogP contribution in [0.5, 0.6) is 5.75 Å². The van der Waals surface area contributed by atoms with Gasteiger partial charge in [0.05, 0.1) is 17.7 Å². The van der Waals surface area contributed by atoms with Gasteiger partial charge in [0.25, 0.3) is 5.91 Å². The zero-order chi connectivity index (χ0) is 16.6. The maximum Gasteiger partial charge on any atom is 0.266 e. The van der Waals surface area contributed by atoms with Gasteiger partial charge >= 0.3 is 0 Å². The van der Waals surface area contributed by atoms with Crippen LogP contribution in [0.4, 0.5) is 10.1 Å². The van der Waals surface area contributed by atoms with Crippen molar-refractivity contribution in [2.45, 2.75) is 13.8 Å². The summed E-state index contributed by atoms with van der Waals surface area (Å²) >= 11 is 1.29. The monoisotopic (exact) mass is 329 g/mol. The molecule has 0 bridgehead atoms. The Labute approximate surface area is 137 Å². The number of fused-ring (bicyclic) bond motifs is 1. The Morgan fingerprint density at radius 2 is 2.00 bits per heavy atom. The van der Waals surface area contributed by atoms with E-state index in [1.807, 2.05) is 31.2 Å². The smallest absolute Gasteiger partial charge is 0.266 e. The summed E-state index contributed by atoms with van der Waals surface area (Å²) in [6.45, 7) is 3.71. The highest BCUT2D eigenvalue weighted by molar-refractivity contribution is 7.21. The molecule has 0 aliphatic rings. The van der Waals surface area contributed by atoms with E-state index in [-0.39, 0.29) is 11.7 Å². The van der Waals surface area contributed by atoms with Crippen molar-refractivity contribution in [3.05, 3.63) is 58.2 Å². The summed E-state index contributed by atoms with van der Waals surface area (Å²) in [5, 5.41) is 3.38. The highest BCUT2D eigenvalue weighted by Gasteiger charge is 2.19. The van der Waals surface area contributed by atoms with E-state index in [4.69, 9.17) is 4.74 Å². The molecular formula is C18H16FNO2S. The fraction of sp³-hybridized carbons (Fsp3) is 0.167. The second kappa shape index (κ2) is 6.01. The SMILES string of the molecule is COc1ccc(C)cc1NC(=O)c1sc2cccc(F)c2c1C. The van der Waals surface area contributed by atoms with Gasteiger partial charge in [0, 0.05) is 10.1 Å². The van der Waals surface area contributed by atoms with Crippen LogP contribution >= 0.6 is 11.3 Å². The fourth-order valence-corrected chi connectivity index (χ4v) is 3.69. The summed E-state index contributed by atoms with van der Waals surface area (Å²) in [4.78, 5) is 13.1. The Morgan fingerprint density at radius 3 is 2.70 bits per heavy atom. The van der Waals surface area contributed by atoms with Gasteiger partial charge < -0.3 is 10.1 Å². The number of amides is 1. The molecule has 1 amide bonds. The van der Waals surface area contributed by atoms with Gasteiger partial charge in [0.2, 0.25) is 0 Å². The molecule has 0 saturated carbocycles. The molecule has 118 valence electrons. The molecule has 1 heterocycles. The number of carbonyl (C=O) groups excluding carboxylic acids is 1. The van der Waals surface area contributed by atoms with Crippen molar-refractivity contribution in [1.82, 2.24) is 0 Å². The van der Waals surface area contributed by atoms with Crippen LogP contribution in [0.3, 0.4) is 0 Å². The number of rotatable bonds is 3. The minimum Gasteiger partial charge on any atom is -0.495 e. The van der Waals surface area contributed by atoms with E-state index in [2.05, 4.69) is 5.32 Å². The minimum absolute atomic E-state index is 0.257. The van der Waals surface area contributed by atoms with E-state index in [9.17, 15) is 9.18 Å². The van der Waals surface area contributed by atoms with E-state index in [0.717, 1.165) is 10.3 Å². The van der Waals surface area contributed by atoms with Gasteiger partial charge in [-0.15, -0.1) is 11.3 Å². The predicted molar refractivity (Wildman–Crippen MR) is 92.2 cm³/mol. The van der Waals surface area contributed by atoms with Gasteiger partial charge in [-0.1, -0.05) is 12.1 Å². The van der Waals surface area contributed by atoms with Crippen LogP contribution in [0, 0.1) is 19.7 Å². The number of methoxy groups -OCH3 is 1. The van der Waals surface area contributed by atoms with Crippen molar-refractivity contribution in [1.29, 1.82) is 0 Å². The highest BCUT2D eigenvalue weighted by atomic mass is 32.1. The number of anilines is 1. The number of nitrogens with one attached hydrogen (secondary N) is 1. The van der Waals surface area contributed by atoms with Crippen LogP contribution in [-0.2, 0) is 0 Å². The third-order valence-electron chi connectivity index (χ3n) is 3.71. The van der Waals surface area contributed by atoms with E-state index in [1.165, 1.54) is 17.4 Å². The molecule has 2 aromatic carbocycles. The first kappa shape index (κ1) is 15.5. The maximum absolute atomic E-state index is 14.0. The van der Waals surface area contributed by atoms with Crippen LogP contribution in [0.15, 0.2) is 36.4 Å². The van der Waals surface area contributed by atoms with E-state index >= 15 is 0 Å². The first-order valence-electron chi connectivity index (χ1n) is 7.15. The Hall–Kier alpha value is -2.40. The summed E-state index contributed by atoms with van der Waals surface area (Å²) in [5.41, 5.74) is 2.28. The molecule has 1 N–H and O–H groups in total. The molecule has 0 saturated heterocycles. The molecule has 0 atom stereocenters. The predicted octanol–water partition coefficient (Wildman–Crippen LogP) is 4.92. The second-order valence-corrected chi connectivity index (χ2v) is 6.38. The van der Waals surface area contributed by atoms with Gasteiger partial charge in [-0.25, -0.2) is 4.39 Å². The molecular weight excluding hydrogens is 313 g/mol. The molecule has 0 aliphatic heterocycles. The van der Waals surface area contributed by atoms with Crippen LogP contribution < -0.4 is 10.1 Å². The lowest BCUT2D eigenvalue weighted by Crippen LogP contribution is -2.12. The first-order valence-corrected chi connectivity index (χ1v) is 7.96. The number of thiophene rings is 1. The summed E-state index contributed by atoms with van der Waals surface area (Å²) in [6.07, 6.45) is 0. The number of aryl methyl sites for hydroxylation is 2. The third kappa shape index (κ3) is 2.80. The topological polar surface area (TPSA) is 38.3 Å². The lowest BCUT2D eigenvalue weighted by atomic mass is 10.1. The number of benzene rings is 2. The molecule has 1 aromatic heterocycles. The van der Waals surface area contributed by atoms with Crippen LogP contribution in [0.1, 0.15) is 20.8 Å². The quantitative estimate of drug-likeness (QED) is 0.741. The van der Waals surface area contributed by atoms with Crippen LogP contribution in [-0.4, -0.2) is 13.0 Å². The molecule has 3 aromatic rings. The normalized spacial score (nSPS) is 10.8. The van der Waals surface area contributed by atoms with Crippen molar-refractivity contribution in [3.63, 3.8) is 0 Å². The van der Waals surface area contributed by atoms with E-state index < -0.39 is 0 Å². The van der Waals surface area contributed by atoms with E-state index in [0.29, 0.717) is 27.3 Å². The van der Waals surface area contributed by atoms with E-state index in [1.54, 1.807) is 20.1 Å². The van der Waals surface area contributed by atoms with Crippen molar-refractivity contribution < 1.29 is 13.9 Å². The van der Waals surface area contributed by atoms with Crippen molar-refractivity contribution in [2.24, 2.45) is 0 Å². The zero-order valence-electron chi connectivity index (χ0n) is 13.1. The van der Waals surface area contributed by atoms with Gasteiger partial charge in [-0.2, -0.15) is 0 Å². The fourth-order valence-electron chi connectivity index (χ4n) is 2.57. The highest BCUT2D eigenvalue weighted by Crippen LogP contribution is 2.34. The standard InChI is InChI=1S/C18H16FNO2S/c1-10-7-8-14(22-3)13(9-10)20-18(21)17-11(2)16-12(19)5-4-6-15(16)23-17/h4-9H,1-3H3,(H,20,21). The lowest BCUT2D eigenvalue weighted by molar-refractivity contribution is 0.102. The molecule has 0 unspecified atom stereocenters. The Balaban J connectivity index is 2.00. The summed E-state index contributed by atoms with van der Waals surface area (Å²) in [5.74, 6) is 0.0318. The van der Waals surface area contributed by atoms with Crippen molar-refractivity contribution in [2.75, 3.05) is 12.4 Å². The van der Waals surface area contributed by atoms with Gasteiger partial charge in [-0.05, 0) is 49.2 Å². The molecule has 0 aliphatic carbocycles. The third-order valence-corrected chi connectivity index (χ3v) is 4.97. The molecule has 5 heteroatoms. The maximum atomic E-state index is 14.0. The molecule has 0 spiro atoms. The van der Waals surface area contributed by atoms with Gasteiger partial charge in [0.1, 0.15) is 11.6 Å². The molecule has 0 fully saturated rings. The van der Waals surface area contributed by atoms with Gasteiger partial charge in [-0.3, -0.25) is 4.79 Å². The Kier molecular flexibility index (Phi) is 4.05. The second-order valence-electron chi connectivity index (χ2n) is 5.33. The minimum atomic E-state index is -0.302. The average Bonchev–Trinajstić information content (AvgIpc) is 2.86. The number of hydrogen-bond acceptors (Lipinski definition) is 3. The molecule has 23 heavy (non-hydrogen) atoms. The Bertz CT molecular complexity index is 901. The molecule has 0 radical (unpaired) electrons. The van der Waals surface area contributed by atoms with Gasteiger partial charge in [0.15, 0.2) is 0 Å². The summed E-state index contributed by atoms with van der Waals surface area (Å²) in [7, 11) is 1.56. The Morgan fingerprint density at radius 1 is 1.22 bits per heavy atom. The van der Waals surface area contributed by atoms with Crippen LogP contribution in [0.25, 0.3) is 10.1 Å². The number of ether oxygens (including phenoxy) is 1. The van der Waals surface area contributed by atoms with Crippen molar-refractivity contribution >= 4 is 33.0 Å². The zero-order valence-corrected chi connectivity index (χ0v) is 13.9. The van der Waals surface area contributed by atoms with Crippen LogP contribution in [0.2, 0.25) is 0 Å². The first-order chi connectivity index (χ1) is 11.0. The number of halogens is 1. The molecule has 3 nitrogen and oxygen atoms in total.